The number of nitrogens with one attached hydrogen (secondary N) is 1. The topological polar surface area (TPSA) is 77.0 Å². The Labute approximate surface area is 156 Å². The molecule has 0 radical (unpaired) electrons. The number of halogens is 3. The van der Waals surface area contributed by atoms with Gasteiger partial charge in [-0.2, -0.15) is 13.2 Å². The average Bonchev–Trinajstić information content (AvgIpc) is 2.93. The third-order valence-electron chi connectivity index (χ3n) is 3.22. The van der Waals surface area contributed by atoms with E-state index in [1.165, 1.54) is 6.20 Å². The molecule has 0 saturated carbocycles. The fourth-order valence-corrected chi connectivity index (χ4v) is 2.98. The van der Waals surface area contributed by atoms with E-state index in [9.17, 15) is 18.0 Å². The Bertz CT molecular complexity index is 996. The molecule has 0 atom stereocenters. The van der Waals surface area contributed by atoms with Gasteiger partial charge in [-0.3, -0.25) is 10.3 Å². The van der Waals surface area contributed by atoms with E-state index >= 15 is 0 Å². The number of pyridine rings is 2. The highest BCUT2D eigenvalue weighted by molar-refractivity contribution is 7.21. The molecule has 3 aromatic rings. The summed E-state index contributed by atoms with van der Waals surface area (Å²) in [5.74, 6) is 0. The van der Waals surface area contributed by atoms with Crippen LogP contribution in [0.2, 0.25) is 0 Å². The zero-order valence-corrected chi connectivity index (χ0v) is 15.4. The second kappa shape index (κ2) is 6.76. The average molecular weight is 396 g/mol. The summed E-state index contributed by atoms with van der Waals surface area (Å²) in [6.45, 7) is 5.21. The second-order valence-electron chi connectivity index (χ2n) is 6.63. The number of hydrogen-bond acceptors (Lipinski definition) is 6. The molecule has 0 aromatic carbocycles. The van der Waals surface area contributed by atoms with Crippen molar-refractivity contribution in [1.82, 2.24) is 15.0 Å². The number of aromatic nitrogens is 3. The summed E-state index contributed by atoms with van der Waals surface area (Å²) in [6.07, 6.45) is -3.06. The van der Waals surface area contributed by atoms with Crippen LogP contribution in [0.4, 0.5) is 23.1 Å². The summed E-state index contributed by atoms with van der Waals surface area (Å²) < 4.78 is 43.7. The molecular formula is C17H15F3N4O2S. The van der Waals surface area contributed by atoms with Gasteiger partial charge >= 0.3 is 12.3 Å². The normalized spacial score (nSPS) is 12.2. The number of nitrogens with zero attached hydrogens (tertiary/aromatic N) is 3. The van der Waals surface area contributed by atoms with Crippen LogP contribution in [0.1, 0.15) is 26.3 Å². The van der Waals surface area contributed by atoms with Gasteiger partial charge in [0.15, 0.2) is 5.13 Å². The number of fused-ring (bicyclic) bond motifs is 1. The molecule has 6 nitrogen and oxygen atoms in total. The van der Waals surface area contributed by atoms with E-state index in [4.69, 9.17) is 4.74 Å². The first-order valence-electron chi connectivity index (χ1n) is 7.81. The van der Waals surface area contributed by atoms with Gasteiger partial charge in [0.1, 0.15) is 15.9 Å². The molecule has 0 unspecified atom stereocenters. The highest BCUT2D eigenvalue weighted by atomic mass is 32.1. The van der Waals surface area contributed by atoms with Crippen molar-refractivity contribution in [1.29, 1.82) is 0 Å². The first-order chi connectivity index (χ1) is 12.5. The number of anilines is 1. The second-order valence-corrected chi connectivity index (χ2v) is 7.60. The monoisotopic (exact) mass is 396 g/mol. The van der Waals surface area contributed by atoms with Crippen LogP contribution in [0.15, 0.2) is 30.6 Å². The summed E-state index contributed by atoms with van der Waals surface area (Å²) in [4.78, 5) is 24.5. The lowest BCUT2D eigenvalue weighted by Crippen LogP contribution is -2.27. The van der Waals surface area contributed by atoms with E-state index in [2.05, 4.69) is 20.3 Å². The Morgan fingerprint density at radius 3 is 2.56 bits per heavy atom. The largest absolute Gasteiger partial charge is 0.444 e. The molecule has 1 amide bonds. The third-order valence-corrected chi connectivity index (χ3v) is 4.11. The molecule has 0 spiro atoms. The zero-order valence-electron chi connectivity index (χ0n) is 14.6. The molecule has 27 heavy (non-hydrogen) atoms. The van der Waals surface area contributed by atoms with Crippen molar-refractivity contribution in [2.45, 2.75) is 32.5 Å². The van der Waals surface area contributed by atoms with Gasteiger partial charge in [-0.1, -0.05) is 11.3 Å². The number of thiazole rings is 1. The molecule has 0 fully saturated rings. The maximum absolute atomic E-state index is 12.9. The SMILES string of the molecule is CC(C)(C)OC(=O)Nc1nc2ccc(-c3cncc(C(F)(F)F)c3)nc2s1. The predicted octanol–water partition coefficient (Wildman–Crippen LogP) is 5.12. The Balaban J connectivity index is 1.87. The summed E-state index contributed by atoms with van der Waals surface area (Å²) in [7, 11) is 0. The summed E-state index contributed by atoms with van der Waals surface area (Å²) in [5, 5.41) is 2.80. The van der Waals surface area contributed by atoms with E-state index < -0.39 is 23.4 Å². The Morgan fingerprint density at radius 1 is 1.15 bits per heavy atom. The van der Waals surface area contributed by atoms with E-state index in [0.29, 0.717) is 16.0 Å². The summed E-state index contributed by atoms with van der Waals surface area (Å²) >= 11 is 1.09. The van der Waals surface area contributed by atoms with Gasteiger partial charge in [-0.15, -0.1) is 0 Å². The fourth-order valence-electron chi connectivity index (χ4n) is 2.16. The van der Waals surface area contributed by atoms with Crippen LogP contribution in [0.25, 0.3) is 21.6 Å². The van der Waals surface area contributed by atoms with Gasteiger partial charge in [-0.25, -0.2) is 14.8 Å². The van der Waals surface area contributed by atoms with Crippen LogP contribution in [0.5, 0.6) is 0 Å². The standard InChI is InChI=1S/C17H15F3N4O2S/c1-16(2,3)26-15(25)24-14-23-12-5-4-11(22-13(12)27-14)9-6-10(8-21-7-9)17(18,19)20/h4-8H,1-3H3,(H,23,24,25). The van der Waals surface area contributed by atoms with Crippen molar-refractivity contribution in [3.63, 3.8) is 0 Å². The number of amides is 1. The molecule has 10 heteroatoms. The summed E-state index contributed by atoms with van der Waals surface area (Å²) in [5.41, 5.74) is -0.425. The van der Waals surface area contributed by atoms with Crippen molar-refractivity contribution in [3.05, 3.63) is 36.2 Å². The highest BCUT2D eigenvalue weighted by Gasteiger charge is 2.31. The van der Waals surface area contributed by atoms with Gasteiger partial charge in [0, 0.05) is 18.0 Å². The first-order valence-corrected chi connectivity index (χ1v) is 8.63. The maximum Gasteiger partial charge on any atom is 0.417 e. The van der Waals surface area contributed by atoms with Crippen LogP contribution >= 0.6 is 11.3 Å². The molecule has 0 aliphatic rings. The zero-order chi connectivity index (χ0) is 19.8. The van der Waals surface area contributed by atoms with Gasteiger partial charge in [0.25, 0.3) is 0 Å². The van der Waals surface area contributed by atoms with Crippen LogP contribution in [-0.2, 0) is 10.9 Å². The minimum absolute atomic E-state index is 0.238. The lowest BCUT2D eigenvalue weighted by atomic mass is 10.1. The van der Waals surface area contributed by atoms with Crippen LogP contribution in [-0.4, -0.2) is 26.6 Å². The van der Waals surface area contributed by atoms with Crippen molar-refractivity contribution in [2.75, 3.05) is 5.32 Å². The minimum atomic E-state index is -4.48. The van der Waals surface area contributed by atoms with Crippen molar-refractivity contribution < 1.29 is 22.7 Å². The van der Waals surface area contributed by atoms with E-state index in [0.717, 1.165) is 23.6 Å². The first kappa shape index (κ1) is 19.0. The van der Waals surface area contributed by atoms with Gasteiger partial charge < -0.3 is 4.74 Å². The number of hydrogen-bond donors (Lipinski definition) is 1. The lowest BCUT2D eigenvalue weighted by Gasteiger charge is -2.18. The van der Waals surface area contributed by atoms with E-state index in [1.807, 2.05) is 0 Å². The molecule has 0 aliphatic heterocycles. The highest BCUT2D eigenvalue weighted by Crippen LogP contribution is 2.32. The number of alkyl halides is 3. The summed E-state index contributed by atoms with van der Waals surface area (Å²) in [6, 6.07) is 4.16. The van der Waals surface area contributed by atoms with E-state index in [1.54, 1.807) is 32.9 Å². The van der Waals surface area contributed by atoms with Gasteiger partial charge in [0.2, 0.25) is 0 Å². The van der Waals surface area contributed by atoms with Crippen LogP contribution in [0.3, 0.4) is 0 Å². The Morgan fingerprint density at radius 2 is 1.89 bits per heavy atom. The minimum Gasteiger partial charge on any atom is -0.444 e. The smallest absolute Gasteiger partial charge is 0.417 e. The molecule has 3 aromatic heterocycles. The maximum atomic E-state index is 12.9. The number of rotatable bonds is 2. The Hall–Kier alpha value is -2.75. The quantitative estimate of drug-likeness (QED) is 0.651. The Kier molecular flexibility index (Phi) is 4.77. The number of ether oxygens (including phenoxy) is 1. The van der Waals surface area contributed by atoms with E-state index in [-0.39, 0.29) is 10.7 Å². The predicted molar refractivity (Wildman–Crippen MR) is 95.5 cm³/mol. The molecule has 142 valence electrons. The molecule has 0 saturated heterocycles. The van der Waals surface area contributed by atoms with Gasteiger partial charge in [-0.05, 0) is 39.0 Å². The molecule has 3 heterocycles. The molecule has 0 aliphatic carbocycles. The third kappa shape index (κ3) is 4.70. The van der Waals surface area contributed by atoms with Crippen molar-refractivity contribution in [3.8, 4) is 11.3 Å². The molecular weight excluding hydrogens is 381 g/mol. The molecule has 0 bridgehead atoms. The van der Waals surface area contributed by atoms with Crippen LogP contribution in [0, 0.1) is 0 Å². The lowest BCUT2D eigenvalue weighted by molar-refractivity contribution is -0.137. The molecule has 1 N–H and O–H groups in total. The van der Waals surface area contributed by atoms with Crippen molar-refractivity contribution >= 4 is 32.9 Å². The van der Waals surface area contributed by atoms with Gasteiger partial charge in [0.05, 0.1) is 11.3 Å². The number of carbonyl (C=O) groups is 1. The molecule has 3 rings (SSSR count). The number of carbonyl (C=O) groups excluding carboxylic acids is 1. The van der Waals surface area contributed by atoms with Crippen molar-refractivity contribution in [2.24, 2.45) is 0 Å². The fraction of sp³-hybridized carbons (Fsp3) is 0.294. The van der Waals surface area contributed by atoms with Crippen LogP contribution < -0.4 is 5.32 Å².